The third kappa shape index (κ3) is 2.92. The summed E-state index contributed by atoms with van der Waals surface area (Å²) in [6.45, 7) is 0.425. The standard InChI is InChI=1S/C12H16N2O5S/c1-14-10-7-9(20(16,17)13-5-6-18-2)3-4-11(10)19-8-12(14)15/h3-4,7,13H,5-6,8H2,1-2H3. The van der Waals surface area contributed by atoms with E-state index in [9.17, 15) is 13.2 Å². The molecule has 2 rings (SSSR count). The first-order chi connectivity index (χ1) is 9.45. The van der Waals surface area contributed by atoms with Gasteiger partial charge in [-0.15, -0.1) is 0 Å². The maximum atomic E-state index is 12.1. The molecule has 0 fully saturated rings. The van der Waals surface area contributed by atoms with Gasteiger partial charge in [-0.2, -0.15) is 0 Å². The number of benzene rings is 1. The third-order valence-electron chi connectivity index (χ3n) is 2.93. The minimum absolute atomic E-state index is 0.0400. The number of hydrogen-bond donors (Lipinski definition) is 1. The maximum absolute atomic E-state index is 12.1. The molecule has 1 aromatic rings. The number of likely N-dealkylation sites (N-methyl/N-ethyl adjacent to an activating group) is 1. The van der Waals surface area contributed by atoms with Gasteiger partial charge in [0.25, 0.3) is 5.91 Å². The molecular formula is C12H16N2O5S. The van der Waals surface area contributed by atoms with E-state index in [0.717, 1.165) is 0 Å². The summed E-state index contributed by atoms with van der Waals surface area (Å²) in [5, 5.41) is 0. The second kappa shape index (κ2) is 5.78. The van der Waals surface area contributed by atoms with Crippen LogP contribution in [0.25, 0.3) is 0 Å². The molecule has 7 nitrogen and oxygen atoms in total. The van der Waals surface area contributed by atoms with Crippen molar-refractivity contribution in [3.05, 3.63) is 18.2 Å². The summed E-state index contributed by atoms with van der Waals surface area (Å²) in [6, 6.07) is 4.41. The third-order valence-corrected chi connectivity index (χ3v) is 4.38. The summed E-state index contributed by atoms with van der Waals surface area (Å²) in [6.07, 6.45) is 0. The first kappa shape index (κ1) is 14.8. The van der Waals surface area contributed by atoms with Gasteiger partial charge in [0, 0.05) is 20.7 Å². The summed E-state index contributed by atoms with van der Waals surface area (Å²) in [4.78, 5) is 13.0. The summed E-state index contributed by atoms with van der Waals surface area (Å²) < 4.78 is 36.6. The molecule has 1 heterocycles. The van der Waals surface area contributed by atoms with E-state index in [4.69, 9.17) is 9.47 Å². The van der Waals surface area contributed by atoms with E-state index < -0.39 is 10.0 Å². The molecule has 1 N–H and O–H groups in total. The lowest BCUT2D eigenvalue weighted by Gasteiger charge is -2.26. The number of carbonyl (C=O) groups excluding carboxylic acids is 1. The van der Waals surface area contributed by atoms with Gasteiger partial charge in [-0.3, -0.25) is 4.79 Å². The van der Waals surface area contributed by atoms with Crippen LogP contribution in [0.15, 0.2) is 23.1 Å². The highest BCUT2D eigenvalue weighted by Crippen LogP contribution is 2.33. The number of ether oxygens (including phenoxy) is 2. The van der Waals surface area contributed by atoms with E-state index in [2.05, 4.69) is 4.72 Å². The zero-order valence-electron chi connectivity index (χ0n) is 11.3. The predicted molar refractivity (Wildman–Crippen MR) is 72.4 cm³/mol. The summed E-state index contributed by atoms with van der Waals surface area (Å²) in [7, 11) is -0.557. The molecule has 1 aliphatic heterocycles. The van der Waals surface area contributed by atoms with E-state index in [0.29, 0.717) is 11.4 Å². The number of anilines is 1. The number of amides is 1. The molecule has 0 bridgehead atoms. The highest BCUT2D eigenvalue weighted by atomic mass is 32.2. The zero-order valence-corrected chi connectivity index (χ0v) is 12.1. The van der Waals surface area contributed by atoms with Gasteiger partial charge in [-0.1, -0.05) is 0 Å². The van der Waals surface area contributed by atoms with Crippen LogP contribution in [-0.2, 0) is 19.6 Å². The smallest absolute Gasteiger partial charge is 0.264 e. The predicted octanol–water partition coefficient (Wildman–Crippen LogP) is -0.0335. The highest BCUT2D eigenvalue weighted by Gasteiger charge is 2.24. The number of carbonyl (C=O) groups is 1. The van der Waals surface area contributed by atoms with Crippen molar-refractivity contribution in [2.24, 2.45) is 0 Å². The Morgan fingerprint density at radius 2 is 2.20 bits per heavy atom. The Labute approximate surface area is 117 Å². The van der Waals surface area contributed by atoms with Gasteiger partial charge in [0.05, 0.1) is 17.2 Å². The lowest BCUT2D eigenvalue weighted by molar-refractivity contribution is -0.120. The van der Waals surface area contributed by atoms with E-state index in [-0.39, 0.29) is 30.6 Å². The Bertz CT molecular complexity index is 614. The molecule has 0 aliphatic carbocycles. The minimum atomic E-state index is -3.63. The second-order valence-electron chi connectivity index (χ2n) is 4.26. The molecule has 0 aromatic heterocycles. The lowest BCUT2D eigenvalue weighted by Crippen LogP contribution is -2.35. The van der Waals surface area contributed by atoms with Gasteiger partial charge < -0.3 is 14.4 Å². The average Bonchev–Trinajstić information content (AvgIpc) is 2.43. The Morgan fingerprint density at radius 1 is 1.45 bits per heavy atom. The number of sulfonamides is 1. The van der Waals surface area contributed by atoms with Gasteiger partial charge in [-0.05, 0) is 18.2 Å². The van der Waals surface area contributed by atoms with E-state index >= 15 is 0 Å². The topological polar surface area (TPSA) is 84.9 Å². The highest BCUT2D eigenvalue weighted by molar-refractivity contribution is 7.89. The fourth-order valence-electron chi connectivity index (χ4n) is 1.78. The molecule has 1 aliphatic rings. The van der Waals surface area contributed by atoms with E-state index in [1.54, 1.807) is 13.1 Å². The Morgan fingerprint density at radius 3 is 2.90 bits per heavy atom. The summed E-state index contributed by atoms with van der Waals surface area (Å²) in [5.41, 5.74) is 0.441. The minimum Gasteiger partial charge on any atom is -0.482 e. The van der Waals surface area contributed by atoms with Gasteiger partial charge in [0.2, 0.25) is 10.0 Å². The molecule has 8 heteroatoms. The summed E-state index contributed by atoms with van der Waals surface area (Å²) in [5.74, 6) is 0.266. The van der Waals surface area contributed by atoms with Crippen molar-refractivity contribution in [2.75, 3.05) is 38.8 Å². The maximum Gasteiger partial charge on any atom is 0.264 e. The van der Waals surface area contributed by atoms with Gasteiger partial charge in [0.15, 0.2) is 6.61 Å². The molecule has 1 aromatic carbocycles. The fraction of sp³-hybridized carbons (Fsp3) is 0.417. The van der Waals surface area contributed by atoms with Crippen LogP contribution in [0.5, 0.6) is 5.75 Å². The first-order valence-electron chi connectivity index (χ1n) is 5.97. The number of fused-ring (bicyclic) bond motifs is 1. The molecule has 0 unspecified atom stereocenters. The van der Waals surface area contributed by atoms with Crippen LogP contribution in [-0.4, -0.2) is 48.2 Å². The van der Waals surface area contributed by atoms with E-state index in [1.807, 2.05) is 0 Å². The number of hydrogen-bond acceptors (Lipinski definition) is 5. The molecule has 110 valence electrons. The fourth-order valence-corrected chi connectivity index (χ4v) is 2.81. The number of methoxy groups -OCH3 is 1. The Balaban J connectivity index is 2.28. The lowest BCUT2D eigenvalue weighted by atomic mass is 10.2. The molecule has 0 radical (unpaired) electrons. The van der Waals surface area contributed by atoms with Crippen molar-refractivity contribution in [3.8, 4) is 5.75 Å². The number of rotatable bonds is 5. The zero-order chi connectivity index (χ0) is 14.8. The van der Waals surface area contributed by atoms with Crippen molar-refractivity contribution in [3.63, 3.8) is 0 Å². The molecule has 20 heavy (non-hydrogen) atoms. The molecule has 0 atom stereocenters. The molecular weight excluding hydrogens is 284 g/mol. The van der Waals surface area contributed by atoms with Crippen LogP contribution in [0, 0.1) is 0 Å². The first-order valence-corrected chi connectivity index (χ1v) is 7.46. The monoisotopic (exact) mass is 300 g/mol. The normalized spacial score (nSPS) is 14.9. The number of nitrogens with zero attached hydrogens (tertiary/aromatic N) is 1. The molecule has 0 spiro atoms. The summed E-state index contributed by atoms with van der Waals surface area (Å²) >= 11 is 0. The van der Waals surface area contributed by atoms with E-state index in [1.165, 1.54) is 24.1 Å². The van der Waals surface area contributed by atoms with Crippen molar-refractivity contribution >= 4 is 21.6 Å². The van der Waals surface area contributed by atoms with Crippen LogP contribution >= 0.6 is 0 Å². The van der Waals surface area contributed by atoms with Crippen LogP contribution in [0.2, 0.25) is 0 Å². The van der Waals surface area contributed by atoms with Crippen molar-refractivity contribution in [1.82, 2.24) is 4.72 Å². The van der Waals surface area contributed by atoms with Crippen molar-refractivity contribution in [2.45, 2.75) is 4.90 Å². The average molecular weight is 300 g/mol. The molecule has 0 saturated heterocycles. The van der Waals surface area contributed by atoms with Crippen LogP contribution < -0.4 is 14.4 Å². The SMILES string of the molecule is COCCNS(=O)(=O)c1ccc2c(c1)N(C)C(=O)CO2. The van der Waals surface area contributed by atoms with Gasteiger partial charge in [-0.25, -0.2) is 13.1 Å². The second-order valence-corrected chi connectivity index (χ2v) is 6.03. The molecule has 0 saturated carbocycles. The quantitative estimate of drug-likeness (QED) is 0.772. The largest absolute Gasteiger partial charge is 0.482 e. The molecule has 1 amide bonds. The van der Waals surface area contributed by atoms with Crippen molar-refractivity contribution in [1.29, 1.82) is 0 Å². The Kier molecular flexibility index (Phi) is 4.26. The van der Waals surface area contributed by atoms with Gasteiger partial charge in [0.1, 0.15) is 5.75 Å². The van der Waals surface area contributed by atoms with Crippen LogP contribution in [0.4, 0.5) is 5.69 Å². The number of nitrogens with one attached hydrogen (secondary N) is 1. The van der Waals surface area contributed by atoms with Crippen LogP contribution in [0.1, 0.15) is 0 Å². The van der Waals surface area contributed by atoms with Gasteiger partial charge >= 0.3 is 0 Å². The van der Waals surface area contributed by atoms with Crippen molar-refractivity contribution < 1.29 is 22.7 Å². The Hall–Kier alpha value is -1.64. The van der Waals surface area contributed by atoms with Crippen LogP contribution in [0.3, 0.4) is 0 Å².